The summed E-state index contributed by atoms with van der Waals surface area (Å²) in [5, 5.41) is 6.10. The fourth-order valence-corrected chi connectivity index (χ4v) is 3.72. The normalized spacial score (nSPS) is 15.5. The van der Waals surface area contributed by atoms with E-state index in [1.807, 2.05) is 36.6 Å². The van der Waals surface area contributed by atoms with Crippen molar-refractivity contribution >= 4 is 23.3 Å². The maximum atomic E-state index is 12.6. The minimum absolute atomic E-state index is 0.0583. The molecule has 4 rings (SSSR count). The van der Waals surface area contributed by atoms with Gasteiger partial charge in [0.25, 0.3) is 0 Å². The molecule has 3 aromatic rings. The first kappa shape index (κ1) is 22.3. The van der Waals surface area contributed by atoms with Crippen molar-refractivity contribution in [3.8, 4) is 11.6 Å². The van der Waals surface area contributed by atoms with Crippen LogP contribution in [0, 0.1) is 19.8 Å². The van der Waals surface area contributed by atoms with Gasteiger partial charge in [-0.1, -0.05) is 0 Å². The fraction of sp³-hybridized carbons (Fsp3) is 0.348. The van der Waals surface area contributed by atoms with Crippen molar-refractivity contribution in [1.29, 1.82) is 0 Å². The second-order valence-electron chi connectivity index (χ2n) is 7.87. The highest BCUT2D eigenvalue weighted by Crippen LogP contribution is 2.26. The first-order valence-electron chi connectivity index (χ1n) is 10.7. The van der Waals surface area contributed by atoms with Crippen LogP contribution in [0.25, 0.3) is 5.82 Å². The average molecular weight is 450 g/mol. The molecule has 1 aliphatic rings. The lowest BCUT2D eigenvalue weighted by Gasteiger charge is -2.17. The van der Waals surface area contributed by atoms with E-state index in [1.54, 1.807) is 30.5 Å². The Bertz CT molecular complexity index is 1140. The summed E-state index contributed by atoms with van der Waals surface area (Å²) in [5.41, 5.74) is 2.73. The SMILES string of the molecule is COc1ccc(N2CC(C(=O)NCCNc3cc(-n4cnc(C)c4C)ncn3)CC2=O)cc1. The van der Waals surface area contributed by atoms with Crippen molar-refractivity contribution in [3.63, 3.8) is 0 Å². The van der Waals surface area contributed by atoms with E-state index in [0.29, 0.717) is 25.5 Å². The summed E-state index contributed by atoms with van der Waals surface area (Å²) >= 11 is 0. The molecule has 0 radical (unpaired) electrons. The monoisotopic (exact) mass is 449 g/mol. The van der Waals surface area contributed by atoms with E-state index in [0.717, 1.165) is 28.6 Å². The van der Waals surface area contributed by atoms with E-state index < -0.39 is 0 Å². The van der Waals surface area contributed by atoms with E-state index in [1.165, 1.54) is 6.33 Å². The van der Waals surface area contributed by atoms with Crippen LogP contribution >= 0.6 is 0 Å². The van der Waals surface area contributed by atoms with Crippen LogP contribution in [-0.2, 0) is 9.59 Å². The minimum atomic E-state index is -0.377. The molecule has 1 fully saturated rings. The topological polar surface area (TPSA) is 114 Å². The van der Waals surface area contributed by atoms with E-state index in [4.69, 9.17) is 4.74 Å². The van der Waals surface area contributed by atoms with Gasteiger partial charge in [-0.15, -0.1) is 0 Å². The van der Waals surface area contributed by atoms with Crippen LogP contribution in [0.4, 0.5) is 11.5 Å². The number of hydrogen-bond donors (Lipinski definition) is 2. The third-order valence-electron chi connectivity index (χ3n) is 5.76. The number of anilines is 2. The van der Waals surface area contributed by atoms with Crippen molar-refractivity contribution < 1.29 is 14.3 Å². The number of aromatic nitrogens is 4. The molecule has 1 atom stereocenters. The summed E-state index contributed by atoms with van der Waals surface area (Å²) < 4.78 is 7.05. The number of amides is 2. The molecule has 0 bridgehead atoms. The first-order chi connectivity index (χ1) is 16.0. The third-order valence-corrected chi connectivity index (χ3v) is 5.76. The number of ether oxygens (including phenoxy) is 1. The van der Waals surface area contributed by atoms with E-state index in [-0.39, 0.29) is 24.2 Å². The quantitative estimate of drug-likeness (QED) is 0.505. The van der Waals surface area contributed by atoms with Gasteiger partial charge in [0.1, 0.15) is 30.0 Å². The van der Waals surface area contributed by atoms with E-state index in [9.17, 15) is 9.59 Å². The summed E-state index contributed by atoms with van der Waals surface area (Å²) in [6, 6.07) is 9.08. The Morgan fingerprint density at radius 1 is 1.15 bits per heavy atom. The summed E-state index contributed by atoms with van der Waals surface area (Å²) in [4.78, 5) is 39.5. The molecule has 2 amide bonds. The number of carbonyl (C=O) groups excluding carboxylic acids is 2. The van der Waals surface area contributed by atoms with Gasteiger partial charge in [0.15, 0.2) is 0 Å². The Morgan fingerprint density at radius 2 is 1.94 bits per heavy atom. The summed E-state index contributed by atoms with van der Waals surface area (Å²) in [6.07, 6.45) is 3.42. The van der Waals surface area contributed by atoms with Gasteiger partial charge >= 0.3 is 0 Å². The van der Waals surface area contributed by atoms with Crippen molar-refractivity contribution in [1.82, 2.24) is 24.8 Å². The predicted octanol–water partition coefficient (Wildman–Crippen LogP) is 1.87. The van der Waals surface area contributed by atoms with Crippen LogP contribution < -0.4 is 20.3 Å². The molecule has 3 heterocycles. The predicted molar refractivity (Wildman–Crippen MR) is 124 cm³/mol. The molecule has 10 nitrogen and oxygen atoms in total. The van der Waals surface area contributed by atoms with Crippen LogP contribution in [0.15, 0.2) is 43.0 Å². The van der Waals surface area contributed by atoms with Gasteiger partial charge in [-0.2, -0.15) is 0 Å². The van der Waals surface area contributed by atoms with Crippen molar-refractivity contribution in [2.45, 2.75) is 20.3 Å². The second kappa shape index (κ2) is 9.68. The van der Waals surface area contributed by atoms with Gasteiger partial charge in [0, 0.05) is 43.5 Å². The maximum absolute atomic E-state index is 12.6. The molecule has 0 spiro atoms. The molecular weight excluding hydrogens is 422 g/mol. The highest BCUT2D eigenvalue weighted by Gasteiger charge is 2.34. The lowest BCUT2D eigenvalue weighted by Crippen LogP contribution is -2.35. The molecule has 1 aromatic carbocycles. The molecule has 1 unspecified atom stereocenters. The standard InChI is InChI=1S/C23H27N7O3/c1-15-16(2)30(14-28-15)21-11-20(26-13-27-21)24-8-9-25-23(32)17-10-22(31)29(12-17)18-4-6-19(33-3)7-5-18/h4-7,11,13-14,17H,8-10,12H2,1-3H3,(H,25,32)(H,24,26,27). The number of hydrogen-bond acceptors (Lipinski definition) is 7. The molecular formula is C23H27N7O3. The number of aryl methyl sites for hydroxylation is 1. The lowest BCUT2D eigenvalue weighted by atomic mass is 10.1. The molecule has 2 N–H and O–H groups in total. The molecule has 0 saturated carbocycles. The van der Waals surface area contributed by atoms with Gasteiger partial charge in [0.2, 0.25) is 11.8 Å². The largest absolute Gasteiger partial charge is 0.497 e. The van der Waals surface area contributed by atoms with Gasteiger partial charge in [-0.05, 0) is 38.1 Å². The van der Waals surface area contributed by atoms with Crippen LogP contribution in [-0.4, -0.2) is 58.1 Å². The minimum Gasteiger partial charge on any atom is -0.497 e. The molecule has 0 aliphatic carbocycles. The number of methoxy groups -OCH3 is 1. The van der Waals surface area contributed by atoms with E-state index in [2.05, 4.69) is 25.6 Å². The molecule has 1 saturated heterocycles. The van der Waals surface area contributed by atoms with Crippen LogP contribution in [0.5, 0.6) is 5.75 Å². The zero-order valence-electron chi connectivity index (χ0n) is 18.9. The highest BCUT2D eigenvalue weighted by molar-refractivity contribution is 6.00. The maximum Gasteiger partial charge on any atom is 0.227 e. The van der Waals surface area contributed by atoms with Gasteiger partial charge in [0.05, 0.1) is 18.7 Å². The number of benzene rings is 1. The summed E-state index contributed by atoms with van der Waals surface area (Å²) in [5.74, 6) is 1.53. The number of nitrogens with one attached hydrogen (secondary N) is 2. The molecule has 33 heavy (non-hydrogen) atoms. The molecule has 2 aromatic heterocycles. The number of nitrogens with zero attached hydrogens (tertiary/aromatic N) is 5. The Balaban J connectivity index is 1.26. The van der Waals surface area contributed by atoms with Crippen molar-refractivity contribution in [2.75, 3.05) is 37.0 Å². The molecule has 1 aliphatic heterocycles. The van der Waals surface area contributed by atoms with Gasteiger partial charge in [-0.3, -0.25) is 14.2 Å². The number of rotatable bonds is 8. The number of carbonyl (C=O) groups is 2. The zero-order chi connectivity index (χ0) is 23.4. The highest BCUT2D eigenvalue weighted by atomic mass is 16.5. The van der Waals surface area contributed by atoms with Crippen LogP contribution in [0.3, 0.4) is 0 Å². The Kier molecular flexibility index (Phi) is 6.53. The third kappa shape index (κ3) is 4.94. The molecule has 10 heteroatoms. The molecule has 172 valence electrons. The van der Waals surface area contributed by atoms with Crippen LogP contribution in [0.2, 0.25) is 0 Å². The lowest BCUT2D eigenvalue weighted by molar-refractivity contribution is -0.126. The summed E-state index contributed by atoms with van der Waals surface area (Å²) in [6.45, 7) is 5.20. The van der Waals surface area contributed by atoms with Crippen molar-refractivity contribution in [2.24, 2.45) is 5.92 Å². The fourth-order valence-electron chi connectivity index (χ4n) is 3.72. The zero-order valence-corrected chi connectivity index (χ0v) is 18.9. The van der Waals surface area contributed by atoms with Crippen LogP contribution in [0.1, 0.15) is 17.8 Å². The van der Waals surface area contributed by atoms with E-state index >= 15 is 0 Å². The number of imidazole rings is 1. The second-order valence-corrected chi connectivity index (χ2v) is 7.87. The Morgan fingerprint density at radius 3 is 2.64 bits per heavy atom. The smallest absolute Gasteiger partial charge is 0.227 e. The Labute approximate surface area is 192 Å². The van der Waals surface area contributed by atoms with Crippen molar-refractivity contribution in [3.05, 3.63) is 54.4 Å². The average Bonchev–Trinajstić information content (AvgIpc) is 3.39. The Hall–Kier alpha value is -3.95. The first-order valence-corrected chi connectivity index (χ1v) is 10.7. The van der Waals surface area contributed by atoms with Gasteiger partial charge < -0.3 is 20.3 Å². The summed E-state index contributed by atoms with van der Waals surface area (Å²) in [7, 11) is 1.59. The van der Waals surface area contributed by atoms with Gasteiger partial charge in [-0.25, -0.2) is 15.0 Å².